The predicted octanol–water partition coefficient (Wildman–Crippen LogP) is 2.17. The molecule has 1 aliphatic rings. The van der Waals surface area contributed by atoms with Crippen molar-refractivity contribution in [2.24, 2.45) is 0 Å². The van der Waals surface area contributed by atoms with E-state index < -0.39 is 0 Å². The van der Waals surface area contributed by atoms with Crippen LogP contribution in [0.25, 0.3) is 0 Å². The molecular formula is C18H24N4O. The monoisotopic (exact) mass is 312 g/mol. The zero-order chi connectivity index (χ0) is 15.9. The van der Waals surface area contributed by atoms with E-state index >= 15 is 0 Å². The first kappa shape index (κ1) is 15.7. The molecule has 5 heteroatoms. The summed E-state index contributed by atoms with van der Waals surface area (Å²) in [6.07, 6.45) is 10.7. The number of hydrogen-bond donors (Lipinski definition) is 1. The molecule has 2 aromatic rings. The molecule has 1 fully saturated rings. The van der Waals surface area contributed by atoms with Crippen molar-refractivity contribution in [2.45, 2.75) is 31.8 Å². The van der Waals surface area contributed by atoms with Gasteiger partial charge in [-0.05, 0) is 50.1 Å². The maximum Gasteiger partial charge on any atom is 0.255 e. The highest BCUT2D eigenvalue weighted by atomic mass is 16.2. The Morgan fingerprint density at radius 3 is 2.70 bits per heavy atom. The molecule has 1 saturated heterocycles. The highest BCUT2D eigenvalue weighted by molar-refractivity contribution is 5.93. The Kier molecular flexibility index (Phi) is 5.42. The summed E-state index contributed by atoms with van der Waals surface area (Å²) in [7, 11) is 0. The standard InChI is InChI=1S/C18H24N4O/c23-18(16-5-3-8-19-15-16)22-13-6-17(7-14-22)20-9-4-12-21-10-1-2-11-21/h1-3,5,8,10-11,15,17,20H,4,6-7,9,12-14H2. The van der Waals surface area contributed by atoms with E-state index in [-0.39, 0.29) is 5.91 Å². The fourth-order valence-corrected chi connectivity index (χ4v) is 3.05. The minimum atomic E-state index is 0.101. The molecule has 0 unspecified atom stereocenters. The number of aromatic nitrogens is 2. The molecule has 0 saturated carbocycles. The first-order valence-corrected chi connectivity index (χ1v) is 8.36. The minimum absolute atomic E-state index is 0.101. The van der Waals surface area contributed by atoms with E-state index in [4.69, 9.17) is 0 Å². The van der Waals surface area contributed by atoms with Crippen molar-refractivity contribution in [1.29, 1.82) is 0 Å². The van der Waals surface area contributed by atoms with Gasteiger partial charge in [-0.25, -0.2) is 0 Å². The van der Waals surface area contributed by atoms with Crippen LogP contribution in [0.5, 0.6) is 0 Å². The van der Waals surface area contributed by atoms with Gasteiger partial charge in [-0.2, -0.15) is 0 Å². The fourth-order valence-electron chi connectivity index (χ4n) is 3.05. The van der Waals surface area contributed by atoms with Crippen molar-refractivity contribution >= 4 is 5.91 Å². The number of nitrogens with zero attached hydrogens (tertiary/aromatic N) is 3. The quantitative estimate of drug-likeness (QED) is 0.832. The fraction of sp³-hybridized carbons (Fsp3) is 0.444. The van der Waals surface area contributed by atoms with E-state index in [2.05, 4.69) is 39.4 Å². The molecule has 1 aliphatic heterocycles. The van der Waals surface area contributed by atoms with Crippen LogP contribution in [0, 0.1) is 0 Å². The van der Waals surface area contributed by atoms with Crippen molar-refractivity contribution in [1.82, 2.24) is 19.8 Å². The van der Waals surface area contributed by atoms with Crippen LogP contribution in [0.1, 0.15) is 29.6 Å². The number of nitrogens with one attached hydrogen (secondary N) is 1. The van der Waals surface area contributed by atoms with Gasteiger partial charge in [0.2, 0.25) is 0 Å². The topological polar surface area (TPSA) is 50.2 Å². The lowest BCUT2D eigenvalue weighted by molar-refractivity contribution is 0.0705. The van der Waals surface area contributed by atoms with E-state index in [1.807, 2.05) is 17.0 Å². The van der Waals surface area contributed by atoms with Gasteiger partial charge in [-0.1, -0.05) is 0 Å². The summed E-state index contributed by atoms with van der Waals surface area (Å²) in [6, 6.07) is 8.29. The van der Waals surface area contributed by atoms with Crippen LogP contribution in [0.2, 0.25) is 0 Å². The summed E-state index contributed by atoms with van der Waals surface area (Å²) < 4.78 is 2.21. The second-order valence-electron chi connectivity index (χ2n) is 6.04. The Bertz CT molecular complexity index is 589. The molecule has 2 aromatic heterocycles. The zero-order valence-electron chi connectivity index (χ0n) is 13.4. The number of amides is 1. The van der Waals surface area contributed by atoms with Gasteiger partial charge in [0.15, 0.2) is 0 Å². The summed E-state index contributed by atoms with van der Waals surface area (Å²) in [5.74, 6) is 0.101. The summed E-state index contributed by atoms with van der Waals surface area (Å²) in [6.45, 7) is 3.73. The molecule has 0 bridgehead atoms. The summed E-state index contributed by atoms with van der Waals surface area (Å²) in [5, 5.41) is 3.62. The molecule has 0 aromatic carbocycles. The van der Waals surface area contributed by atoms with Crippen molar-refractivity contribution in [2.75, 3.05) is 19.6 Å². The average molecular weight is 312 g/mol. The molecule has 122 valence electrons. The van der Waals surface area contributed by atoms with Gasteiger partial charge in [0.1, 0.15) is 0 Å². The number of hydrogen-bond acceptors (Lipinski definition) is 3. The summed E-state index contributed by atoms with van der Waals surface area (Å²) in [5.41, 5.74) is 0.686. The van der Waals surface area contributed by atoms with E-state index in [0.717, 1.165) is 45.4 Å². The van der Waals surface area contributed by atoms with E-state index in [9.17, 15) is 4.79 Å². The predicted molar refractivity (Wildman–Crippen MR) is 90.2 cm³/mol. The van der Waals surface area contributed by atoms with Gasteiger partial charge in [0, 0.05) is 50.5 Å². The Morgan fingerprint density at radius 1 is 1.22 bits per heavy atom. The van der Waals surface area contributed by atoms with Crippen molar-refractivity contribution < 1.29 is 4.79 Å². The molecular weight excluding hydrogens is 288 g/mol. The van der Waals surface area contributed by atoms with E-state index in [1.165, 1.54) is 0 Å². The lowest BCUT2D eigenvalue weighted by atomic mass is 10.0. The van der Waals surface area contributed by atoms with Crippen LogP contribution >= 0.6 is 0 Å². The van der Waals surface area contributed by atoms with E-state index in [0.29, 0.717) is 11.6 Å². The number of likely N-dealkylation sites (tertiary alicyclic amines) is 1. The molecule has 3 rings (SSSR count). The highest BCUT2D eigenvalue weighted by Crippen LogP contribution is 2.13. The van der Waals surface area contributed by atoms with Crippen LogP contribution < -0.4 is 5.32 Å². The number of aryl methyl sites for hydroxylation is 1. The van der Waals surface area contributed by atoms with Crippen LogP contribution in [-0.4, -0.2) is 46.0 Å². The van der Waals surface area contributed by atoms with Crippen LogP contribution in [-0.2, 0) is 6.54 Å². The van der Waals surface area contributed by atoms with Gasteiger partial charge in [-0.3, -0.25) is 9.78 Å². The molecule has 23 heavy (non-hydrogen) atoms. The van der Waals surface area contributed by atoms with Crippen LogP contribution in [0.3, 0.4) is 0 Å². The van der Waals surface area contributed by atoms with E-state index in [1.54, 1.807) is 12.4 Å². The third kappa shape index (κ3) is 4.42. The van der Waals surface area contributed by atoms with Gasteiger partial charge in [0.25, 0.3) is 5.91 Å². The molecule has 1 amide bonds. The second-order valence-corrected chi connectivity index (χ2v) is 6.04. The first-order valence-electron chi connectivity index (χ1n) is 8.36. The lowest BCUT2D eigenvalue weighted by Crippen LogP contribution is -2.45. The van der Waals surface area contributed by atoms with Gasteiger partial charge < -0.3 is 14.8 Å². The zero-order valence-corrected chi connectivity index (χ0v) is 13.4. The molecule has 0 radical (unpaired) electrons. The number of carbonyl (C=O) groups excluding carboxylic acids is 1. The van der Waals surface area contributed by atoms with Crippen LogP contribution in [0.4, 0.5) is 0 Å². The number of rotatable bonds is 6. The van der Waals surface area contributed by atoms with Gasteiger partial charge in [-0.15, -0.1) is 0 Å². The third-order valence-corrected chi connectivity index (χ3v) is 4.38. The smallest absolute Gasteiger partial charge is 0.255 e. The minimum Gasteiger partial charge on any atom is -0.354 e. The van der Waals surface area contributed by atoms with Gasteiger partial charge >= 0.3 is 0 Å². The second kappa shape index (κ2) is 7.92. The number of piperidine rings is 1. The number of pyridine rings is 1. The maximum absolute atomic E-state index is 12.4. The average Bonchev–Trinajstić information content (AvgIpc) is 3.13. The van der Waals surface area contributed by atoms with Crippen molar-refractivity contribution in [3.63, 3.8) is 0 Å². The highest BCUT2D eigenvalue weighted by Gasteiger charge is 2.23. The largest absolute Gasteiger partial charge is 0.354 e. The Labute approximate surface area is 137 Å². The summed E-state index contributed by atoms with van der Waals surface area (Å²) in [4.78, 5) is 18.3. The van der Waals surface area contributed by atoms with Crippen molar-refractivity contribution in [3.8, 4) is 0 Å². The molecule has 5 nitrogen and oxygen atoms in total. The Hall–Kier alpha value is -2.14. The molecule has 0 spiro atoms. The lowest BCUT2D eigenvalue weighted by Gasteiger charge is -2.32. The third-order valence-electron chi connectivity index (χ3n) is 4.38. The molecule has 3 heterocycles. The number of carbonyl (C=O) groups is 1. The molecule has 1 N–H and O–H groups in total. The normalized spacial score (nSPS) is 15.7. The Morgan fingerprint density at radius 2 is 2.00 bits per heavy atom. The van der Waals surface area contributed by atoms with Crippen molar-refractivity contribution in [3.05, 3.63) is 54.6 Å². The summed E-state index contributed by atoms with van der Waals surface area (Å²) >= 11 is 0. The Balaban J connectivity index is 1.36. The maximum atomic E-state index is 12.4. The van der Waals surface area contributed by atoms with Crippen LogP contribution in [0.15, 0.2) is 49.1 Å². The first-order chi connectivity index (χ1) is 11.3. The van der Waals surface area contributed by atoms with Gasteiger partial charge in [0.05, 0.1) is 5.56 Å². The SMILES string of the molecule is O=C(c1cccnc1)N1CCC(NCCCn2cccc2)CC1. The molecule has 0 aliphatic carbocycles. The molecule has 0 atom stereocenters.